The van der Waals surface area contributed by atoms with Gasteiger partial charge in [-0.15, -0.1) is 10.2 Å². The fourth-order valence-corrected chi connectivity index (χ4v) is 3.97. The molecule has 0 N–H and O–H groups in total. The lowest BCUT2D eigenvalue weighted by Crippen LogP contribution is -2.39. The fraction of sp³-hybridized carbons (Fsp3) is 0.600. The zero-order valence-electron chi connectivity index (χ0n) is 15.8. The highest BCUT2D eigenvalue weighted by atomic mass is 16.5. The number of carbonyl (C=O) groups is 1. The number of aryl methyl sites for hydroxylation is 1. The van der Waals surface area contributed by atoms with Gasteiger partial charge in [-0.2, -0.15) is 0 Å². The Balaban J connectivity index is 1.57. The van der Waals surface area contributed by atoms with E-state index in [1.165, 1.54) is 0 Å². The van der Waals surface area contributed by atoms with Crippen molar-refractivity contribution < 1.29 is 13.9 Å². The van der Waals surface area contributed by atoms with Crippen molar-refractivity contribution in [2.45, 2.75) is 57.4 Å². The molecule has 2 saturated heterocycles. The Kier molecular flexibility index (Phi) is 5.48. The topological polar surface area (TPSA) is 81.4 Å². The van der Waals surface area contributed by atoms with E-state index in [1.54, 1.807) is 6.20 Å². The minimum absolute atomic E-state index is 0.0389. The van der Waals surface area contributed by atoms with Crippen molar-refractivity contribution in [3.8, 4) is 0 Å². The van der Waals surface area contributed by atoms with Crippen molar-refractivity contribution in [3.63, 3.8) is 0 Å². The molecule has 2 aromatic heterocycles. The van der Waals surface area contributed by atoms with Crippen LogP contribution in [0.4, 0.5) is 0 Å². The normalized spacial score (nSPS) is 21.4. The molecule has 0 saturated carbocycles. The van der Waals surface area contributed by atoms with E-state index in [0.717, 1.165) is 57.3 Å². The second-order valence-electron chi connectivity index (χ2n) is 7.24. The summed E-state index contributed by atoms with van der Waals surface area (Å²) in [7, 11) is 0. The first-order chi connectivity index (χ1) is 13.3. The number of piperidine rings is 1. The number of ether oxygens (including phenoxy) is 1. The molecule has 0 aromatic carbocycles. The number of hydrogen-bond donors (Lipinski definition) is 0. The Morgan fingerprint density at radius 2 is 2.00 bits per heavy atom. The van der Waals surface area contributed by atoms with Crippen molar-refractivity contribution >= 4 is 5.91 Å². The molecule has 2 aromatic rings. The van der Waals surface area contributed by atoms with Gasteiger partial charge in [0.25, 0.3) is 5.91 Å². The summed E-state index contributed by atoms with van der Waals surface area (Å²) in [4.78, 5) is 19.5. The van der Waals surface area contributed by atoms with E-state index in [1.807, 2.05) is 24.0 Å². The van der Waals surface area contributed by atoms with E-state index in [-0.39, 0.29) is 17.9 Å². The predicted molar refractivity (Wildman–Crippen MR) is 98.3 cm³/mol. The van der Waals surface area contributed by atoms with Crippen LogP contribution in [0.15, 0.2) is 22.7 Å². The highest BCUT2D eigenvalue weighted by molar-refractivity contribution is 5.94. The van der Waals surface area contributed by atoms with Gasteiger partial charge in [-0.25, -0.2) is 0 Å². The van der Waals surface area contributed by atoms with Crippen LogP contribution in [0, 0.1) is 0 Å². The molecule has 7 heteroatoms. The minimum atomic E-state index is -0.168. The van der Waals surface area contributed by atoms with Crippen LogP contribution in [0.5, 0.6) is 0 Å². The van der Waals surface area contributed by atoms with Gasteiger partial charge in [-0.1, -0.05) is 13.0 Å². The fourth-order valence-electron chi connectivity index (χ4n) is 3.97. The molecule has 144 valence electrons. The van der Waals surface area contributed by atoms with Gasteiger partial charge in [-0.3, -0.25) is 9.78 Å². The zero-order valence-corrected chi connectivity index (χ0v) is 15.8. The van der Waals surface area contributed by atoms with Crippen molar-refractivity contribution in [1.29, 1.82) is 0 Å². The molecule has 4 heterocycles. The largest absolute Gasteiger partial charge is 0.423 e. The van der Waals surface area contributed by atoms with Crippen LogP contribution in [0.1, 0.15) is 78.8 Å². The number of rotatable bonds is 4. The average molecular weight is 370 g/mol. The highest BCUT2D eigenvalue weighted by Crippen LogP contribution is 2.34. The lowest BCUT2D eigenvalue weighted by atomic mass is 10.00. The van der Waals surface area contributed by atoms with Crippen molar-refractivity contribution in [3.05, 3.63) is 41.4 Å². The van der Waals surface area contributed by atoms with Crippen LogP contribution >= 0.6 is 0 Å². The van der Waals surface area contributed by atoms with Gasteiger partial charge in [0, 0.05) is 31.9 Å². The molecule has 1 atom stereocenters. The Morgan fingerprint density at radius 3 is 2.81 bits per heavy atom. The number of hydrogen-bond acceptors (Lipinski definition) is 6. The summed E-state index contributed by atoms with van der Waals surface area (Å²) in [5, 5.41) is 8.60. The van der Waals surface area contributed by atoms with Crippen molar-refractivity contribution in [1.82, 2.24) is 20.1 Å². The molecule has 2 fully saturated rings. The Morgan fingerprint density at radius 1 is 1.19 bits per heavy atom. The number of aromatic nitrogens is 3. The maximum Gasteiger partial charge on any atom is 0.273 e. The van der Waals surface area contributed by atoms with Crippen LogP contribution in [0.3, 0.4) is 0 Å². The molecule has 1 amide bonds. The molecular weight excluding hydrogens is 344 g/mol. The van der Waals surface area contributed by atoms with E-state index in [0.29, 0.717) is 24.0 Å². The van der Waals surface area contributed by atoms with E-state index < -0.39 is 0 Å². The number of carbonyl (C=O) groups excluding carboxylic acids is 1. The van der Waals surface area contributed by atoms with Crippen LogP contribution in [0.25, 0.3) is 0 Å². The van der Waals surface area contributed by atoms with Gasteiger partial charge in [0.15, 0.2) is 0 Å². The summed E-state index contributed by atoms with van der Waals surface area (Å²) in [5.74, 6) is 1.45. The number of likely N-dealkylation sites (tertiary alicyclic amines) is 1. The Labute approximate surface area is 159 Å². The smallest absolute Gasteiger partial charge is 0.273 e. The second kappa shape index (κ2) is 8.17. The Bertz CT molecular complexity index is 785. The number of pyridine rings is 1. The third-order valence-electron chi connectivity index (χ3n) is 5.55. The second-order valence-corrected chi connectivity index (χ2v) is 7.24. The van der Waals surface area contributed by atoms with E-state index in [2.05, 4.69) is 15.2 Å². The third kappa shape index (κ3) is 3.74. The van der Waals surface area contributed by atoms with Crippen LogP contribution < -0.4 is 0 Å². The molecule has 2 aliphatic heterocycles. The third-order valence-corrected chi connectivity index (χ3v) is 5.55. The summed E-state index contributed by atoms with van der Waals surface area (Å²) in [5.41, 5.74) is 1.51. The van der Waals surface area contributed by atoms with Crippen molar-refractivity contribution in [2.75, 3.05) is 19.8 Å². The van der Waals surface area contributed by atoms with Crippen LogP contribution in [-0.4, -0.2) is 45.7 Å². The van der Waals surface area contributed by atoms with E-state index in [4.69, 9.17) is 9.15 Å². The quantitative estimate of drug-likeness (QED) is 0.821. The zero-order chi connectivity index (χ0) is 18.6. The van der Waals surface area contributed by atoms with Crippen molar-refractivity contribution in [2.24, 2.45) is 0 Å². The van der Waals surface area contributed by atoms with Gasteiger partial charge in [0.1, 0.15) is 11.7 Å². The maximum atomic E-state index is 13.2. The Hall–Kier alpha value is -2.28. The lowest BCUT2D eigenvalue weighted by molar-refractivity contribution is 0.0554. The van der Waals surface area contributed by atoms with Gasteiger partial charge in [-0.05, 0) is 50.2 Å². The van der Waals surface area contributed by atoms with Gasteiger partial charge >= 0.3 is 0 Å². The van der Waals surface area contributed by atoms with E-state index in [9.17, 15) is 4.79 Å². The summed E-state index contributed by atoms with van der Waals surface area (Å²) in [6, 6.07) is 3.68. The molecule has 2 aliphatic rings. The SMILES string of the molecule is CCc1cccnc1C(=O)N1CCCCC1c1nnc(C2CCOCC2)o1. The van der Waals surface area contributed by atoms with Crippen LogP contribution in [-0.2, 0) is 11.2 Å². The van der Waals surface area contributed by atoms with Gasteiger partial charge in [0.05, 0.1) is 0 Å². The molecular formula is C20H26N4O3. The lowest BCUT2D eigenvalue weighted by Gasteiger charge is -2.33. The van der Waals surface area contributed by atoms with E-state index >= 15 is 0 Å². The first kappa shape index (κ1) is 18.1. The standard InChI is InChI=1S/C20H26N4O3/c1-2-14-6-5-10-21-17(14)20(25)24-11-4-3-7-16(24)19-23-22-18(27-19)15-8-12-26-13-9-15/h5-6,10,15-16H,2-4,7-9,11-13H2,1H3. The molecule has 1 unspecified atom stereocenters. The first-order valence-electron chi connectivity index (χ1n) is 9.93. The molecule has 27 heavy (non-hydrogen) atoms. The van der Waals surface area contributed by atoms with Gasteiger partial charge < -0.3 is 14.1 Å². The molecule has 0 bridgehead atoms. The molecule has 0 aliphatic carbocycles. The maximum absolute atomic E-state index is 13.2. The molecule has 7 nitrogen and oxygen atoms in total. The number of amides is 1. The predicted octanol–water partition coefficient (Wildman–Crippen LogP) is 3.29. The molecule has 0 spiro atoms. The van der Waals surface area contributed by atoms with Crippen LogP contribution in [0.2, 0.25) is 0 Å². The summed E-state index contributed by atoms with van der Waals surface area (Å²) >= 11 is 0. The summed E-state index contributed by atoms with van der Waals surface area (Å²) < 4.78 is 11.5. The molecule has 0 radical (unpaired) electrons. The summed E-state index contributed by atoms with van der Waals surface area (Å²) in [6.45, 7) is 4.20. The minimum Gasteiger partial charge on any atom is -0.423 e. The first-order valence-corrected chi connectivity index (χ1v) is 9.93. The van der Waals surface area contributed by atoms with Gasteiger partial charge in [0.2, 0.25) is 11.8 Å². The highest BCUT2D eigenvalue weighted by Gasteiger charge is 2.34. The average Bonchev–Trinajstić information content (AvgIpc) is 3.24. The molecule has 4 rings (SSSR count). The summed E-state index contributed by atoms with van der Waals surface area (Å²) in [6.07, 6.45) is 7.15. The number of nitrogens with zero attached hydrogens (tertiary/aromatic N) is 4. The monoisotopic (exact) mass is 370 g/mol.